The Balaban J connectivity index is 1.69. The van der Waals surface area contributed by atoms with Gasteiger partial charge in [-0.1, -0.05) is 70.9 Å². The summed E-state index contributed by atoms with van der Waals surface area (Å²) >= 11 is 0. The van der Waals surface area contributed by atoms with E-state index in [0.717, 1.165) is 25.7 Å². The van der Waals surface area contributed by atoms with E-state index < -0.39 is 41.1 Å². The number of aliphatic hydroxyl groups excluding tert-OH is 1. The van der Waals surface area contributed by atoms with Crippen LogP contribution in [0.2, 0.25) is 0 Å². The molecule has 0 aromatic rings. The Morgan fingerprint density at radius 1 is 1.21 bits per heavy atom. The van der Waals surface area contributed by atoms with Crippen molar-refractivity contribution < 1.29 is 34.1 Å². The van der Waals surface area contributed by atoms with Gasteiger partial charge in [0.25, 0.3) is 0 Å². The molecule has 2 bridgehead atoms. The molecule has 2 fully saturated rings. The zero-order valence-electron chi connectivity index (χ0n) is 24.1. The minimum absolute atomic E-state index is 0.0519. The minimum Gasteiger partial charge on any atom is -0.461 e. The predicted octanol–water partition coefficient (Wildman–Crippen LogP) is 4.63. The minimum atomic E-state index is -2.14. The molecule has 2 N–H and O–H groups in total. The molecule has 7 heteroatoms. The molecule has 4 aliphatic rings. The van der Waals surface area contributed by atoms with Crippen LogP contribution in [-0.2, 0) is 23.9 Å². The fourth-order valence-corrected chi connectivity index (χ4v) is 7.74. The maximum Gasteiger partial charge on any atom is 0.331 e. The van der Waals surface area contributed by atoms with E-state index in [1.807, 2.05) is 13.0 Å². The zero-order chi connectivity index (χ0) is 28.8. The quantitative estimate of drug-likeness (QED) is 0.144. The molecule has 2 saturated carbocycles. The van der Waals surface area contributed by atoms with Gasteiger partial charge in [0.1, 0.15) is 12.7 Å². The highest BCUT2D eigenvalue weighted by molar-refractivity contribution is 5.95. The first-order valence-electron chi connectivity index (χ1n) is 14.4. The van der Waals surface area contributed by atoms with Crippen molar-refractivity contribution in [2.24, 2.45) is 34.5 Å². The lowest BCUT2D eigenvalue weighted by Crippen LogP contribution is -2.65. The molecule has 0 aromatic heterocycles. The average Bonchev–Trinajstić information content (AvgIpc) is 3.36. The predicted molar refractivity (Wildman–Crippen MR) is 147 cm³/mol. The molecule has 39 heavy (non-hydrogen) atoms. The Hall–Kier alpha value is -2.51. The molecule has 0 aromatic carbocycles. The van der Waals surface area contributed by atoms with Crippen LogP contribution in [-0.4, -0.2) is 52.4 Å². The number of fused-ring (bicyclic) bond motifs is 3. The second-order valence-electron chi connectivity index (χ2n) is 12.6. The van der Waals surface area contributed by atoms with Crippen LogP contribution < -0.4 is 0 Å². The molecule has 0 amide bonds. The first kappa shape index (κ1) is 29.5. The molecule has 0 unspecified atom stereocenters. The van der Waals surface area contributed by atoms with Crippen LogP contribution in [0.25, 0.3) is 0 Å². The van der Waals surface area contributed by atoms with E-state index >= 15 is 0 Å². The summed E-state index contributed by atoms with van der Waals surface area (Å²) in [5, 5.41) is 24.3. The summed E-state index contributed by atoms with van der Waals surface area (Å²) in [6.45, 7) is 11.1. The topological polar surface area (TPSA) is 110 Å². The summed E-state index contributed by atoms with van der Waals surface area (Å²) in [6, 6.07) is 0. The van der Waals surface area contributed by atoms with E-state index in [0.29, 0.717) is 12.0 Å². The van der Waals surface area contributed by atoms with Crippen LogP contribution in [0, 0.1) is 34.5 Å². The summed E-state index contributed by atoms with van der Waals surface area (Å²) in [5.74, 6) is -1.92. The SMILES string of the molecule is CCCCC/C=C\C=C\C(=O)O[C@H]1C(C)=C[C@@]23C(=O)[C@@H](C=C(COC(C)=O)[C@@H](O)[C@]12O)[C@H]1[C@@H](C[C@H]3C)C1(C)C. The maximum atomic E-state index is 14.5. The van der Waals surface area contributed by atoms with Crippen LogP contribution in [0.4, 0.5) is 0 Å². The molecule has 4 rings (SSSR count). The van der Waals surface area contributed by atoms with E-state index in [1.54, 1.807) is 31.2 Å². The summed E-state index contributed by atoms with van der Waals surface area (Å²) in [5.41, 5.74) is -2.87. The van der Waals surface area contributed by atoms with E-state index in [1.165, 1.54) is 13.0 Å². The van der Waals surface area contributed by atoms with E-state index in [9.17, 15) is 24.6 Å². The van der Waals surface area contributed by atoms with Crippen LogP contribution in [0.1, 0.15) is 73.6 Å². The van der Waals surface area contributed by atoms with Gasteiger partial charge in [0.05, 0.1) is 5.41 Å². The molecule has 8 atom stereocenters. The number of rotatable bonds is 9. The van der Waals surface area contributed by atoms with Crippen molar-refractivity contribution in [1.82, 2.24) is 0 Å². The maximum absolute atomic E-state index is 14.5. The smallest absolute Gasteiger partial charge is 0.331 e. The van der Waals surface area contributed by atoms with Gasteiger partial charge in [0.15, 0.2) is 17.5 Å². The van der Waals surface area contributed by atoms with Crippen molar-refractivity contribution in [3.8, 4) is 0 Å². The summed E-state index contributed by atoms with van der Waals surface area (Å²) in [4.78, 5) is 39.1. The highest BCUT2D eigenvalue weighted by Gasteiger charge is 2.76. The number of carbonyl (C=O) groups is 3. The number of hydrogen-bond acceptors (Lipinski definition) is 7. The number of aliphatic hydroxyl groups is 2. The van der Waals surface area contributed by atoms with Gasteiger partial charge in [0.2, 0.25) is 0 Å². The first-order chi connectivity index (χ1) is 18.3. The highest BCUT2D eigenvalue weighted by atomic mass is 16.6. The van der Waals surface area contributed by atoms with E-state index in [4.69, 9.17) is 9.47 Å². The lowest BCUT2D eigenvalue weighted by Gasteiger charge is -2.48. The normalized spacial score (nSPS) is 38.4. The number of hydrogen-bond donors (Lipinski definition) is 2. The number of ketones is 1. The average molecular weight is 541 g/mol. The number of Topliss-reactive ketones (excluding diaryl/α,β-unsaturated/α-hetero) is 1. The number of allylic oxidation sites excluding steroid dienone is 4. The standard InChI is InChI=1S/C32H44O7/c1-7-8-9-10-11-12-13-14-25(34)39-29-19(2)17-31-20(3)15-24-26(30(24,5)6)23(28(31)36)16-22(18-38-21(4)33)27(35)32(29,31)37/h11-14,16-17,20,23-24,26-27,29,35,37H,7-10,15,18H2,1-6H3/b12-11-,14-13+/t20-,23+,24-,26+,27-,29+,31-,32+/m1/s1. The van der Waals surface area contributed by atoms with Crippen molar-refractivity contribution in [3.05, 3.63) is 47.6 Å². The van der Waals surface area contributed by atoms with Crippen LogP contribution in [0.3, 0.4) is 0 Å². The molecule has 1 spiro atoms. The molecule has 7 nitrogen and oxygen atoms in total. The molecule has 4 aliphatic carbocycles. The van der Waals surface area contributed by atoms with Gasteiger partial charge in [-0.05, 0) is 60.5 Å². The van der Waals surface area contributed by atoms with Crippen LogP contribution in [0.5, 0.6) is 0 Å². The lowest BCUT2D eigenvalue weighted by molar-refractivity contribution is -0.201. The number of esters is 2. The van der Waals surface area contributed by atoms with Crippen molar-refractivity contribution in [3.63, 3.8) is 0 Å². The van der Waals surface area contributed by atoms with Gasteiger partial charge in [-0.15, -0.1) is 0 Å². The molecule has 0 radical (unpaired) electrons. The van der Waals surface area contributed by atoms with Gasteiger partial charge < -0.3 is 19.7 Å². The van der Waals surface area contributed by atoms with Gasteiger partial charge >= 0.3 is 11.9 Å². The van der Waals surface area contributed by atoms with Crippen LogP contribution >= 0.6 is 0 Å². The third-order valence-electron chi connectivity index (χ3n) is 9.84. The van der Waals surface area contributed by atoms with Gasteiger partial charge in [-0.25, -0.2) is 4.79 Å². The number of ether oxygens (including phenoxy) is 2. The monoisotopic (exact) mass is 540 g/mol. The lowest BCUT2D eigenvalue weighted by atomic mass is 9.59. The Morgan fingerprint density at radius 3 is 2.59 bits per heavy atom. The van der Waals surface area contributed by atoms with E-state index in [2.05, 4.69) is 20.8 Å². The molecule has 0 heterocycles. The molecule has 0 saturated heterocycles. The second kappa shape index (κ2) is 10.8. The Bertz CT molecular complexity index is 1130. The summed E-state index contributed by atoms with van der Waals surface area (Å²) < 4.78 is 11.1. The third kappa shape index (κ3) is 4.76. The zero-order valence-corrected chi connectivity index (χ0v) is 24.1. The van der Waals surface area contributed by atoms with Crippen LogP contribution in [0.15, 0.2) is 47.6 Å². The summed E-state index contributed by atoms with van der Waals surface area (Å²) in [6.07, 6.45) is 12.3. The number of unbranched alkanes of at least 4 members (excludes halogenated alkanes) is 3. The van der Waals surface area contributed by atoms with Crippen molar-refractivity contribution in [2.45, 2.75) is 91.5 Å². The summed E-state index contributed by atoms with van der Waals surface area (Å²) in [7, 11) is 0. The fraction of sp³-hybridized carbons (Fsp3) is 0.656. The first-order valence-corrected chi connectivity index (χ1v) is 14.4. The van der Waals surface area contributed by atoms with Gasteiger partial charge in [-0.2, -0.15) is 0 Å². The van der Waals surface area contributed by atoms with Gasteiger partial charge in [-0.3, -0.25) is 9.59 Å². The van der Waals surface area contributed by atoms with Crippen molar-refractivity contribution >= 4 is 17.7 Å². The molecular formula is C32H44O7. The number of carbonyl (C=O) groups excluding carboxylic acids is 3. The van der Waals surface area contributed by atoms with Crippen molar-refractivity contribution in [1.29, 1.82) is 0 Å². The van der Waals surface area contributed by atoms with Crippen molar-refractivity contribution in [2.75, 3.05) is 6.61 Å². The second-order valence-corrected chi connectivity index (χ2v) is 12.6. The largest absolute Gasteiger partial charge is 0.461 e. The third-order valence-corrected chi connectivity index (χ3v) is 9.84. The Kier molecular flexibility index (Phi) is 8.17. The Labute approximate surface area is 232 Å². The molecule has 214 valence electrons. The highest BCUT2D eigenvalue weighted by Crippen LogP contribution is 2.71. The van der Waals surface area contributed by atoms with Gasteiger partial charge in [0, 0.05) is 18.9 Å². The Morgan fingerprint density at radius 2 is 1.92 bits per heavy atom. The fourth-order valence-electron chi connectivity index (χ4n) is 7.74. The molecule has 0 aliphatic heterocycles. The van der Waals surface area contributed by atoms with E-state index in [-0.39, 0.29) is 41.1 Å². The molecular weight excluding hydrogens is 496 g/mol.